The number of carbonyl (C=O) groups is 1. The molecule has 4 nitrogen and oxygen atoms in total. The van der Waals surface area contributed by atoms with E-state index in [1.807, 2.05) is 26.8 Å². The number of rotatable bonds is 7. The quantitative estimate of drug-likeness (QED) is 0.695. The van der Waals surface area contributed by atoms with E-state index in [-0.39, 0.29) is 11.9 Å². The van der Waals surface area contributed by atoms with Gasteiger partial charge in [-0.15, -0.1) is 0 Å². The number of hydrogen-bond acceptors (Lipinski definition) is 3. The molecule has 1 N–H and O–H groups in total. The topological polar surface area (TPSA) is 62.1 Å². The Morgan fingerprint density at radius 3 is 2.67 bits per heavy atom. The minimum Gasteiger partial charge on any atom is -0.380 e. The molecule has 86 valence electrons. The summed E-state index contributed by atoms with van der Waals surface area (Å²) in [4.78, 5) is 11.5. The van der Waals surface area contributed by atoms with Gasteiger partial charge in [0.25, 0.3) is 0 Å². The van der Waals surface area contributed by atoms with E-state index in [1.54, 1.807) is 0 Å². The number of hydrogen-bond donors (Lipinski definition) is 1. The van der Waals surface area contributed by atoms with Crippen LogP contribution in [0.15, 0.2) is 0 Å². The second kappa shape index (κ2) is 8.25. The highest BCUT2D eigenvalue weighted by atomic mass is 16.5. The van der Waals surface area contributed by atoms with Gasteiger partial charge in [-0.3, -0.25) is 4.79 Å². The number of carbonyl (C=O) groups excluding carboxylic acids is 1. The second-order valence-electron chi connectivity index (χ2n) is 3.54. The number of nitrogens with one attached hydrogen (secondary N) is 1. The van der Waals surface area contributed by atoms with E-state index in [4.69, 9.17) is 10.00 Å². The van der Waals surface area contributed by atoms with Crippen molar-refractivity contribution in [2.75, 3.05) is 13.2 Å². The molecule has 0 radical (unpaired) electrons. The molecule has 15 heavy (non-hydrogen) atoms. The fourth-order valence-corrected chi connectivity index (χ4v) is 1.22. The van der Waals surface area contributed by atoms with Crippen molar-refractivity contribution < 1.29 is 9.53 Å². The summed E-state index contributed by atoms with van der Waals surface area (Å²) in [6.45, 7) is 6.86. The third kappa shape index (κ3) is 6.08. The molecule has 0 aliphatic rings. The third-order valence-electron chi connectivity index (χ3n) is 2.01. The van der Waals surface area contributed by atoms with Crippen LogP contribution < -0.4 is 5.32 Å². The number of nitrogens with zero attached hydrogens (tertiary/aromatic N) is 1. The van der Waals surface area contributed by atoms with Gasteiger partial charge in [-0.05, 0) is 20.3 Å². The second-order valence-corrected chi connectivity index (χ2v) is 3.54. The van der Waals surface area contributed by atoms with Crippen LogP contribution >= 0.6 is 0 Å². The number of nitriles is 1. The van der Waals surface area contributed by atoms with Crippen molar-refractivity contribution in [3.8, 4) is 6.07 Å². The van der Waals surface area contributed by atoms with Crippen LogP contribution in [0.4, 0.5) is 0 Å². The maximum Gasteiger partial charge on any atom is 0.237 e. The van der Waals surface area contributed by atoms with Crippen LogP contribution in [0.3, 0.4) is 0 Å². The average Bonchev–Trinajstić information content (AvgIpc) is 2.22. The molecule has 2 unspecified atom stereocenters. The highest BCUT2D eigenvalue weighted by molar-refractivity contribution is 5.81. The molecular formula is C11H20N2O2. The first kappa shape index (κ1) is 13.9. The molecule has 0 saturated carbocycles. The summed E-state index contributed by atoms with van der Waals surface area (Å²) in [7, 11) is 0. The van der Waals surface area contributed by atoms with Crippen molar-refractivity contribution in [1.82, 2.24) is 5.32 Å². The van der Waals surface area contributed by atoms with Gasteiger partial charge in [-0.2, -0.15) is 5.26 Å². The van der Waals surface area contributed by atoms with Crippen molar-refractivity contribution in [2.24, 2.45) is 5.92 Å². The Hall–Kier alpha value is -1.08. The molecule has 0 rings (SSSR count). The maximum absolute atomic E-state index is 11.5. The fourth-order valence-electron chi connectivity index (χ4n) is 1.22. The van der Waals surface area contributed by atoms with Crippen molar-refractivity contribution in [2.45, 2.75) is 39.7 Å². The zero-order chi connectivity index (χ0) is 11.7. The van der Waals surface area contributed by atoms with Gasteiger partial charge < -0.3 is 10.1 Å². The van der Waals surface area contributed by atoms with E-state index in [2.05, 4.69) is 5.32 Å². The molecule has 0 bridgehead atoms. The van der Waals surface area contributed by atoms with Gasteiger partial charge >= 0.3 is 0 Å². The van der Waals surface area contributed by atoms with Crippen LogP contribution in [0.25, 0.3) is 0 Å². The fraction of sp³-hybridized carbons (Fsp3) is 0.818. The van der Waals surface area contributed by atoms with E-state index < -0.39 is 5.92 Å². The van der Waals surface area contributed by atoms with Crippen LogP contribution in [-0.4, -0.2) is 25.2 Å². The van der Waals surface area contributed by atoms with Gasteiger partial charge in [0.15, 0.2) is 0 Å². The summed E-state index contributed by atoms with van der Waals surface area (Å²) in [5.74, 6) is -0.717. The zero-order valence-electron chi connectivity index (χ0n) is 9.75. The lowest BCUT2D eigenvalue weighted by Crippen LogP contribution is -2.39. The van der Waals surface area contributed by atoms with Crippen LogP contribution in [0.1, 0.15) is 33.6 Å². The summed E-state index contributed by atoms with van der Waals surface area (Å²) >= 11 is 0. The minimum atomic E-state index is -0.529. The largest absolute Gasteiger partial charge is 0.380 e. The summed E-state index contributed by atoms with van der Waals surface area (Å²) in [6, 6.07) is 1.97. The van der Waals surface area contributed by atoms with Gasteiger partial charge in [0, 0.05) is 12.6 Å². The summed E-state index contributed by atoms with van der Waals surface area (Å²) in [5, 5.41) is 11.5. The van der Waals surface area contributed by atoms with Gasteiger partial charge in [0.2, 0.25) is 5.91 Å². The molecular weight excluding hydrogens is 192 g/mol. The lowest BCUT2D eigenvalue weighted by Gasteiger charge is -2.15. The summed E-state index contributed by atoms with van der Waals surface area (Å²) in [6.07, 6.45) is 1.45. The first-order valence-corrected chi connectivity index (χ1v) is 5.43. The Labute approximate surface area is 91.6 Å². The molecule has 0 fully saturated rings. The molecule has 0 aromatic heterocycles. The molecule has 2 atom stereocenters. The lowest BCUT2D eigenvalue weighted by atomic mass is 10.0. The van der Waals surface area contributed by atoms with Crippen molar-refractivity contribution >= 4 is 5.91 Å². The van der Waals surface area contributed by atoms with E-state index in [0.29, 0.717) is 19.6 Å². The highest BCUT2D eigenvalue weighted by Crippen LogP contribution is 2.05. The molecule has 0 saturated heterocycles. The lowest BCUT2D eigenvalue weighted by molar-refractivity contribution is -0.124. The van der Waals surface area contributed by atoms with Crippen LogP contribution in [0, 0.1) is 17.2 Å². The van der Waals surface area contributed by atoms with Crippen LogP contribution in [0.5, 0.6) is 0 Å². The summed E-state index contributed by atoms with van der Waals surface area (Å²) in [5.41, 5.74) is 0. The smallest absolute Gasteiger partial charge is 0.237 e. The highest BCUT2D eigenvalue weighted by Gasteiger charge is 2.18. The van der Waals surface area contributed by atoms with E-state index in [1.165, 1.54) is 0 Å². The van der Waals surface area contributed by atoms with E-state index in [0.717, 1.165) is 6.42 Å². The SMILES string of the molecule is CCCC(C#N)C(=O)NC(C)COCC. The van der Waals surface area contributed by atoms with Gasteiger partial charge in [-0.1, -0.05) is 13.3 Å². The molecule has 0 aromatic carbocycles. The zero-order valence-corrected chi connectivity index (χ0v) is 9.75. The molecule has 0 spiro atoms. The predicted octanol–water partition coefficient (Wildman–Crippen LogP) is 1.47. The van der Waals surface area contributed by atoms with Crippen molar-refractivity contribution in [1.29, 1.82) is 5.26 Å². The van der Waals surface area contributed by atoms with Crippen LogP contribution in [0.2, 0.25) is 0 Å². The molecule has 0 heterocycles. The Bertz CT molecular complexity index is 223. The molecule has 0 aromatic rings. The predicted molar refractivity (Wildman–Crippen MR) is 58.1 cm³/mol. The summed E-state index contributed by atoms with van der Waals surface area (Å²) < 4.78 is 5.17. The van der Waals surface area contributed by atoms with Crippen molar-refractivity contribution in [3.63, 3.8) is 0 Å². The monoisotopic (exact) mass is 212 g/mol. The average molecular weight is 212 g/mol. The Balaban J connectivity index is 3.94. The Kier molecular flexibility index (Phi) is 7.65. The van der Waals surface area contributed by atoms with Gasteiger partial charge in [0.05, 0.1) is 12.7 Å². The van der Waals surface area contributed by atoms with E-state index >= 15 is 0 Å². The third-order valence-corrected chi connectivity index (χ3v) is 2.01. The standard InChI is InChI=1S/C11H20N2O2/c1-4-6-10(7-12)11(14)13-9(3)8-15-5-2/h9-10H,4-6,8H2,1-3H3,(H,13,14). The first-order valence-electron chi connectivity index (χ1n) is 5.43. The molecule has 0 aliphatic heterocycles. The molecule has 4 heteroatoms. The number of amides is 1. The Morgan fingerprint density at radius 2 is 2.20 bits per heavy atom. The van der Waals surface area contributed by atoms with Gasteiger partial charge in [-0.25, -0.2) is 0 Å². The maximum atomic E-state index is 11.5. The molecule has 0 aliphatic carbocycles. The normalized spacial score (nSPS) is 14.0. The first-order chi connectivity index (χ1) is 7.15. The van der Waals surface area contributed by atoms with E-state index in [9.17, 15) is 4.79 Å². The Morgan fingerprint density at radius 1 is 1.53 bits per heavy atom. The number of ether oxygens (including phenoxy) is 1. The minimum absolute atomic E-state index is 0.0369. The van der Waals surface area contributed by atoms with Crippen LogP contribution in [-0.2, 0) is 9.53 Å². The molecule has 1 amide bonds. The van der Waals surface area contributed by atoms with Gasteiger partial charge in [0.1, 0.15) is 5.92 Å². The van der Waals surface area contributed by atoms with Crippen molar-refractivity contribution in [3.05, 3.63) is 0 Å².